The van der Waals surface area contributed by atoms with Crippen molar-refractivity contribution < 1.29 is 0 Å². The van der Waals surface area contributed by atoms with Gasteiger partial charge in [-0.25, -0.2) is 0 Å². The summed E-state index contributed by atoms with van der Waals surface area (Å²) in [6.45, 7) is 6.35. The molecule has 0 aliphatic carbocycles. The van der Waals surface area contributed by atoms with Crippen LogP contribution in [0.15, 0.2) is 261 Å². The summed E-state index contributed by atoms with van der Waals surface area (Å²) in [4.78, 5) is 0. The summed E-state index contributed by atoms with van der Waals surface area (Å²) in [6.07, 6.45) is 0. The highest BCUT2D eigenvalue weighted by Crippen LogP contribution is 2.33. The van der Waals surface area contributed by atoms with Crippen LogP contribution in [0.1, 0.15) is 16.7 Å². The lowest BCUT2D eigenvalue weighted by atomic mass is 9.93. The molecule has 0 saturated heterocycles. The molecule has 63 heavy (non-hydrogen) atoms. The van der Waals surface area contributed by atoms with E-state index in [-0.39, 0.29) is 0 Å². The molecule has 0 atom stereocenters. The van der Waals surface area contributed by atoms with E-state index in [4.69, 9.17) is 0 Å². The van der Waals surface area contributed by atoms with Gasteiger partial charge in [-0.2, -0.15) is 0 Å². The molecule has 0 nitrogen and oxygen atoms in total. The van der Waals surface area contributed by atoms with Crippen molar-refractivity contribution in [1.29, 1.82) is 0 Å². The van der Waals surface area contributed by atoms with Crippen molar-refractivity contribution in [2.45, 2.75) is 20.8 Å². The van der Waals surface area contributed by atoms with Crippen LogP contribution in [-0.4, -0.2) is 0 Å². The summed E-state index contributed by atoms with van der Waals surface area (Å²) >= 11 is 0. The lowest BCUT2D eigenvalue weighted by Crippen LogP contribution is -1.86. The van der Waals surface area contributed by atoms with Crippen molar-refractivity contribution in [1.82, 2.24) is 0 Å². The molecule has 0 aliphatic rings. The summed E-state index contributed by atoms with van der Waals surface area (Å²) in [7, 11) is 0. The fraction of sp³-hybridized carbons (Fsp3) is 0.0476. The maximum atomic E-state index is 2.28. The Hall–Kier alpha value is -7.80. The van der Waals surface area contributed by atoms with Gasteiger partial charge < -0.3 is 0 Å². The van der Waals surface area contributed by atoms with Gasteiger partial charge in [0.2, 0.25) is 0 Å². The molecule has 0 heterocycles. The van der Waals surface area contributed by atoms with E-state index in [1.165, 1.54) is 94.6 Å². The Bertz CT molecular complexity index is 2870. The maximum absolute atomic E-state index is 2.28. The second-order valence-corrected chi connectivity index (χ2v) is 16.0. The van der Waals surface area contributed by atoms with Crippen molar-refractivity contribution in [2.24, 2.45) is 0 Å². The SMILES string of the molecule is Cc1ccc(-c2cc(-c3ccccc3)cc(-c3ccccc3)c2)cc1.Cc1ccc(-c2ccc(-c3ccccc3)cc2)cc1.Cc1ccc(-c2cccc(-c3ccccc3)c2)cc1. The van der Waals surface area contributed by atoms with E-state index < -0.39 is 0 Å². The van der Waals surface area contributed by atoms with E-state index in [9.17, 15) is 0 Å². The Balaban J connectivity index is 0.000000132. The van der Waals surface area contributed by atoms with Crippen LogP contribution >= 0.6 is 0 Å². The molecule has 0 bridgehead atoms. The maximum Gasteiger partial charge on any atom is -0.0172 e. The minimum absolute atomic E-state index is 1.24. The zero-order valence-electron chi connectivity index (χ0n) is 36.3. The van der Waals surface area contributed by atoms with Crippen LogP contribution in [0, 0.1) is 20.8 Å². The van der Waals surface area contributed by atoms with Gasteiger partial charge in [-0.05, 0) is 123 Å². The molecule has 10 aromatic rings. The first-order chi connectivity index (χ1) is 30.9. The monoisotopic (exact) mass is 808 g/mol. The van der Waals surface area contributed by atoms with E-state index in [1.807, 2.05) is 12.1 Å². The number of hydrogen-bond acceptors (Lipinski definition) is 0. The lowest BCUT2D eigenvalue weighted by Gasteiger charge is -2.11. The van der Waals surface area contributed by atoms with E-state index in [0.717, 1.165) is 0 Å². The highest BCUT2D eigenvalue weighted by atomic mass is 14.1. The van der Waals surface area contributed by atoms with Gasteiger partial charge in [0.25, 0.3) is 0 Å². The van der Waals surface area contributed by atoms with E-state index in [1.54, 1.807) is 0 Å². The number of rotatable bonds is 7. The summed E-state index contributed by atoms with van der Waals surface area (Å²) in [5, 5.41) is 0. The molecule has 0 saturated carbocycles. The summed E-state index contributed by atoms with van der Waals surface area (Å²) < 4.78 is 0. The molecule has 10 rings (SSSR count). The fourth-order valence-electron chi connectivity index (χ4n) is 7.62. The molecule has 0 radical (unpaired) electrons. The largest absolute Gasteiger partial charge is 0.0622 e. The highest BCUT2D eigenvalue weighted by Gasteiger charge is 2.08. The third-order valence-corrected chi connectivity index (χ3v) is 11.3. The lowest BCUT2D eigenvalue weighted by molar-refractivity contribution is 1.47. The van der Waals surface area contributed by atoms with Crippen molar-refractivity contribution in [3.05, 3.63) is 278 Å². The van der Waals surface area contributed by atoms with Gasteiger partial charge in [0.05, 0.1) is 0 Å². The smallest absolute Gasteiger partial charge is 0.0172 e. The molecule has 0 aromatic heterocycles. The summed E-state index contributed by atoms with van der Waals surface area (Å²) in [6, 6.07) is 92.5. The Morgan fingerprint density at radius 3 is 0.619 bits per heavy atom. The van der Waals surface area contributed by atoms with E-state index >= 15 is 0 Å². The molecule has 0 amide bonds. The molecule has 0 heteroatoms. The molecule has 0 unspecified atom stereocenters. The van der Waals surface area contributed by atoms with Gasteiger partial charge in [0.15, 0.2) is 0 Å². The normalized spacial score (nSPS) is 10.5. The zero-order valence-corrected chi connectivity index (χ0v) is 36.3. The fourth-order valence-corrected chi connectivity index (χ4v) is 7.62. The third kappa shape index (κ3) is 11.3. The van der Waals surface area contributed by atoms with Crippen molar-refractivity contribution >= 4 is 0 Å². The standard InChI is InChI=1S/C25H20.2C19H16/c1-19-12-14-22(15-13-19)25-17-23(20-8-4-2-5-9-20)16-24(18-25)21-10-6-3-7-11-21;1-15-10-12-17(13-11-15)19-9-5-8-18(14-19)16-6-3-2-4-7-16;1-15-7-9-17(10-8-15)19-13-11-18(12-14-19)16-5-3-2-4-6-16/h2-18H,1H3;2*2-14H,1H3. The van der Waals surface area contributed by atoms with Gasteiger partial charge in [0, 0.05) is 0 Å². The second kappa shape index (κ2) is 20.6. The summed E-state index contributed by atoms with van der Waals surface area (Å²) in [5.41, 5.74) is 21.5. The quantitative estimate of drug-likeness (QED) is 0.150. The number of aryl methyl sites for hydroxylation is 3. The Kier molecular flexibility index (Phi) is 13.7. The topological polar surface area (TPSA) is 0 Å². The molecular formula is C63H52. The average molecular weight is 809 g/mol. The van der Waals surface area contributed by atoms with Gasteiger partial charge >= 0.3 is 0 Å². The minimum atomic E-state index is 1.24. The Morgan fingerprint density at radius 2 is 0.317 bits per heavy atom. The van der Waals surface area contributed by atoms with Gasteiger partial charge in [-0.3, -0.25) is 0 Å². The van der Waals surface area contributed by atoms with Crippen LogP contribution in [-0.2, 0) is 0 Å². The Labute approximate surface area is 374 Å². The van der Waals surface area contributed by atoms with Crippen molar-refractivity contribution in [2.75, 3.05) is 0 Å². The van der Waals surface area contributed by atoms with Gasteiger partial charge in [-0.1, -0.05) is 253 Å². The minimum Gasteiger partial charge on any atom is -0.0622 e. The van der Waals surface area contributed by atoms with Crippen LogP contribution in [0.2, 0.25) is 0 Å². The first-order valence-electron chi connectivity index (χ1n) is 21.7. The van der Waals surface area contributed by atoms with Gasteiger partial charge in [0.1, 0.15) is 0 Å². The molecule has 10 aromatic carbocycles. The molecule has 304 valence electrons. The molecule has 0 N–H and O–H groups in total. The van der Waals surface area contributed by atoms with Crippen LogP contribution in [0.5, 0.6) is 0 Å². The predicted molar refractivity (Wildman–Crippen MR) is 272 cm³/mol. The first kappa shape index (κ1) is 41.9. The zero-order chi connectivity index (χ0) is 43.2. The molecular weight excluding hydrogens is 757 g/mol. The number of benzene rings is 10. The van der Waals surface area contributed by atoms with Crippen LogP contribution < -0.4 is 0 Å². The predicted octanol–water partition coefficient (Wildman–Crippen LogP) is 17.7. The van der Waals surface area contributed by atoms with Gasteiger partial charge in [-0.15, -0.1) is 0 Å². The van der Waals surface area contributed by atoms with Crippen LogP contribution in [0.4, 0.5) is 0 Å². The number of hydrogen-bond donors (Lipinski definition) is 0. The molecule has 0 spiro atoms. The van der Waals surface area contributed by atoms with Crippen molar-refractivity contribution in [3.8, 4) is 77.9 Å². The van der Waals surface area contributed by atoms with Crippen LogP contribution in [0.25, 0.3) is 77.9 Å². The Morgan fingerprint density at radius 1 is 0.143 bits per heavy atom. The molecule has 0 fully saturated rings. The first-order valence-corrected chi connectivity index (χ1v) is 21.7. The van der Waals surface area contributed by atoms with E-state index in [0.29, 0.717) is 0 Å². The highest BCUT2D eigenvalue weighted by molar-refractivity contribution is 5.81. The summed E-state index contributed by atoms with van der Waals surface area (Å²) in [5.74, 6) is 0. The average Bonchev–Trinajstić information content (AvgIpc) is 3.36. The van der Waals surface area contributed by atoms with Crippen LogP contribution in [0.3, 0.4) is 0 Å². The third-order valence-electron chi connectivity index (χ3n) is 11.3. The second-order valence-electron chi connectivity index (χ2n) is 16.0. The van der Waals surface area contributed by atoms with Crippen molar-refractivity contribution in [3.63, 3.8) is 0 Å². The molecule has 0 aliphatic heterocycles. The van der Waals surface area contributed by atoms with E-state index in [2.05, 4.69) is 269 Å².